The van der Waals surface area contributed by atoms with Gasteiger partial charge in [0.25, 0.3) is 0 Å². The van der Waals surface area contributed by atoms with Crippen molar-refractivity contribution in [2.24, 2.45) is 5.16 Å². The molecule has 0 aliphatic heterocycles. The number of allylic oxidation sites excluding steroid dienone is 6. The van der Waals surface area contributed by atoms with Gasteiger partial charge in [-0.3, -0.25) is 0 Å². The van der Waals surface area contributed by atoms with E-state index in [9.17, 15) is 0 Å². The van der Waals surface area contributed by atoms with Gasteiger partial charge in [0, 0.05) is 0 Å². The number of hydrogen-bond donors (Lipinski definition) is 1. The molecule has 74 valence electrons. The van der Waals surface area contributed by atoms with E-state index in [-0.39, 0.29) is 0 Å². The van der Waals surface area contributed by atoms with Crippen LogP contribution in [-0.4, -0.2) is 10.9 Å². The molecule has 2 aliphatic rings. The zero-order chi connectivity index (χ0) is 9.80. The zero-order valence-electron chi connectivity index (χ0n) is 8.24. The summed E-state index contributed by atoms with van der Waals surface area (Å²) in [7, 11) is 0. The van der Waals surface area contributed by atoms with Crippen molar-refractivity contribution < 1.29 is 5.21 Å². The van der Waals surface area contributed by atoms with Crippen LogP contribution in [0.15, 0.2) is 40.6 Å². The lowest BCUT2D eigenvalue weighted by Gasteiger charge is -2.14. The first kappa shape index (κ1) is 9.25. The Hall–Kier alpha value is -1.31. The molecule has 0 amide bonds. The number of rotatable bonds is 0. The van der Waals surface area contributed by atoms with Crippen LogP contribution in [0, 0.1) is 0 Å². The Balaban J connectivity index is 2.31. The molecule has 0 saturated heterocycles. The lowest BCUT2D eigenvalue weighted by atomic mass is 9.91. The molecular weight excluding hydrogens is 174 g/mol. The molecule has 2 aliphatic carbocycles. The predicted molar refractivity (Wildman–Crippen MR) is 57.6 cm³/mol. The quantitative estimate of drug-likeness (QED) is 0.460. The van der Waals surface area contributed by atoms with Crippen molar-refractivity contribution in [2.75, 3.05) is 0 Å². The summed E-state index contributed by atoms with van der Waals surface area (Å²) < 4.78 is 0. The lowest BCUT2D eigenvalue weighted by molar-refractivity contribution is 0.317. The third kappa shape index (κ3) is 1.95. The Bertz CT molecular complexity index is 334. The van der Waals surface area contributed by atoms with Crippen LogP contribution in [0.3, 0.4) is 0 Å². The van der Waals surface area contributed by atoms with Gasteiger partial charge in [-0.25, -0.2) is 0 Å². The molecule has 14 heavy (non-hydrogen) atoms. The maximum Gasteiger partial charge on any atom is 0.0830 e. The Morgan fingerprint density at radius 1 is 1.07 bits per heavy atom. The van der Waals surface area contributed by atoms with Crippen LogP contribution in [0.2, 0.25) is 0 Å². The van der Waals surface area contributed by atoms with Gasteiger partial charge < -0.3 is 5.21 Å². The van der Waals surface area contributed by atoms with E-state index in [0.717, 1.165) is 25.0 Å². The van der Waals surface area contributed by atoms with Gasteiger partial charge in [0.05, 0.1) is 5.71 Å². The lowest BCUT2D eigenvalue weighted by Crippen LogP contribution is -2.07. The van der Waals surface area contributed by atoms with Crippen molar-refractivity contribution in [1.82, 2.24) is 0 Å². The van der Waals surface area contributed by atoms with Crippen molar-refractivity contribution in [3.8, 4) is 0 Å². The topological polar surface area (TPSA) is 32.6 Å². The fourth-order valence-corrected chi connectivity index (χ4v) is 2.02. The molecule has 1 N–H and O–H groups in total. The van der Waals surface area contributed by atoms with Crippen molar-refractivity contribution in [1.29, 1.82) is 0 Å². The van der Waals surface area contributed by atoms with Crippen molar-refractivity contribution in [2.45, 2.75) is 32.1 Å². The van der Waals surface area contributed by atoms with Crippen LogP contribution in [0.5, 0.6) is 0 Å². The van der Waals surface area contributed by atoms with E-state index < -0.39 is 0 Å². The van der Waals surface area contributed by atoms with E-state index in [1.54, 1.807) is 0 Å². The van der Waals surface area contributed by atoms with Crippen molar-refractivity contribution in [3.05, 3.63) is 35.5 Å². The average Bonchev–Trinajstić information content (AvgIpc) is 2.41. The first-order valence-corrected chi connectivity index (χ1v) is 5.17. The molecule has 0 unspecified atom stereocenters. The van der Waals surface area contributed by atoms with E-state index in [4.69, 9.17) is 5.21 Å². The Kier molecular flexibility index (Phi) is 2.82. The highest BCUT2D eigenvalue weighted by molar-refractivity contribution is 6.00. The molecule has 2 rings (SSSR count). The van der Waals surface area contributed by atoms with E-state index in [0.29, 0.717) is 0 Å². The van der Waals surface area contributed by atoms with Crippen molar-refractivity contribution >= 4 is 5.71 Å². The van der Waals surface area contributed by atoms with E-state index in [2.05, 4.69) is 23.4 Å². The smallest absolute Gasteiger partial charge is 0.0830 e. The highest BCUT2D eigenvalue weighted by Gasteiger charge is 2.14. The predicted octanol–water partition coefficient (Wildman–Crippen LogP) is 3.20. The first-order chi connectivity index (χ1) is 6.90. The third-order valence-corrected chi connectivity index (χ3v) is 2.81. The summed E-state index contributed by atoms with van der Waals surface area (Å²) in [6.45, 7) is 0. The Morgan fingerprint density at radius 2 is 1.86 bits per heavy atom. The summed E-state index contributed by atoms with van der Waals surface area (Å²) in [5.41, 5.74) is 3.49. The molecule has 2 nitrogen and oxygen atoms in total. The molecule has 0 aromatic carbocycles. The minimum Gasteiger partial charge on any atom is -0.411 e. The summed E-state index contributed by atoms with van der Waals surface area (Å²) in [4.78, 5) is 0. The Labute approximate surface area is 84.3 Å². The molecule has 0 aromatic rings. The monoisotopic (exact) mass is 189 g/mol. The molecule has 0 atom stereocenters. The van der Waals surface area contributed by atoms with Crippen LogP contribution in [0.1, 0.15) is 32.1 Å². The summed E-state index contributed by atoms with van der Waals surface area (Å²) in [6.07, 6.45) is 13.7. The maximum atomic E-state index is 8.92. The van der Waals surface area contributed by atoms with Crippen LogP contribution in [0.4, 0.5) is 0 Å². The largest absolute Gasteiger partial charge is 0.411 e. The first-order valence-electron chi connectivity index (χ1n) is 5.17. The van der Waals surface area contributed by atoms with Crippen LogP contribution < -0.4 is 0 Å². The molecule has 0 aromatic heterocycles. The molecule has 0 heterocycles. The van der Waals surface area contributed by atoms with E-state index in [1.807, 2.05) is 6.08 Å². The van der Waals surface area contributed by atoms with Gasteiger partial charge in [-0.2, -0.15) is 0 Å². The van der Waals surface area contributed by atoms with Gasteiger partial charge in [-0.1, -0.05) is 35.0 Å². The minimum absolute atomic E-state index is 0.863. The molecule has 2 heteroatoms. The van der Waals surface area contributed by atoms with Gasteiger partial charge in [0.1, 0.15) is 0 Å². The van der Waals surface area contributed by atoms with E-state index >= 15 is 0 Å². The van der Waals surface area contributed by atoms with E-state index in [1.165, 1.54) is 24.0 Å². The van der Waals surface area contributed by atoms with Crippen LogP contribution in [0.25, 0.3) is 0 Å². The number of oxime groups is 1. The molecule has 1 saturated carbocycles. The standard InChI is InChI=1S/C12H15NO/c14-13-12-8-4-2-6-10-5-1-3-7-11(12)9-10/h1,3,5,7,14H,2,4,6,8-9H2/b13-12-. The molecular formula is C12H15NO. The fourth-order valence-electron chi connectivity index (χ4n) is 2.02. The van der Waals surface area contributed by atoms with Gasteiger partial charge in [0.2, 0.25) is 0 Å². The second kappa shape index (κ2) is 4.27. The Morgan fingerprint density at radius 3 is 2.71 bits per heavy atom. The maximum absolute atomic E-state index is 8.92. The van der Waals surface area contributed by atoms with Gasteiger partial charge in [-0.15, -0.1) is 0 Å². The zero-order valence-corrected chi connectivity index (χ0v) is 8.24. The summed E-state index contributed by atoms with van der Waals surface area (Å²) >= 11 is 0. The minimum atomic E-state index is 0.863. The normalized spacial score (nSPS) is 24.7. The summed E-state index contributed by atoms with van der Waals surface area (Å²) in [5, 5.41) is 12.3. The summed E-state index contributed by atoms with van der Waals surface area (Å²) in [6, 6.07) is 0. The average molecular weight is 189 g/mol. The summed E-state index contributed by atoms with van der Waals surface area (Å²) in [5.74, 6) is 0. The number of fused-ring (bicyclic) bond motifs is 2. The van der Waals surface area contributed by atoms with Gasteiger partial charge >= 0.3 is 0 Å². The van der Waals surface area contributed by atoms with Crippen LogP contribution in [-0.2, 0) is 0 Å². The number of hydrogen-bond acceptors (Lipinski definition) is 2. The van der Waals surface area contributed by atoms with Crippen LogP contribution >= 0.6 is 0 Å². The molecule has 0 spiro atoms. The molecule has 1 fully saturated rings. The molecule has 0 radical (unpaired) electrons. The number of nitrogens with zero attached hydrogens (tertiary/aromatic N) is 1. The fraction of sp³-hybridized carbons (Fsp3) is 0.417. The third-order valence-electron chi connectivity index (χ3n) is 2.81. The SMILES string of the molecule is O/N=C1/CCCCC2=CC=CC=C1C2. The van der Waals surface area contributed by atoms with Gasteiger partial charge in [0.15, 0.2) is 0 Å². The molecule has 2 bridgehead atoms. The highest BCUT2D eigenvalue weighted by atomic mass is 16.4. The van der Waals surface area contributed by atoms with Crippen molar-refractivity contribution in [3.63, 3.8) is 0 Å². The second-order valence-corrected chi connectivity index (χ2v) is 3.83. The second-order valence-electron chi connectivity index (χ2n) is 3.83. The van der Waals surface area contributed by atoms with Gasteiger partial charge in [-0.05, 0) is 37.7 Å². The highest BCUT2D eigenvalue weighted by Crippen LogP contribution is 2.25.